The molecule has 0 saturated heterocycles. The van der Waals surface area contributed by atoms with Crippen molar-refractivity contribution in [2.75, 3.05) is 19.0 Å². The number of aromatic nitrogens is 1. The highest BCUT2D eigenvalue weighted by Crippen LogP contribution is 2.29. The van der Waals surface area contributed by atoms with Crippen LogP contribution in [0.5, 0.6) is 0 Å². The second kappa shape index (κ2) is 9.43. The lowest BCUT2D eigenvalue weighted by Crippen LogP contribution is -2.44. The van der Waals surface area contributed by atoms with Gasteiger partial charge in [0, 0.05) is 17.8 Å². The Bertz CT molecular complexity index is 756. The van der Waals surface area contributed by atoms with E-state index in [-0.39, 0.29) is 17.9 Å². The van der Waals surface area contributed by atoms with E-state index < -0.39 is 17.7 Å². The Morgan fingerprint density at radius 2 is 1.97 bits per heavy atom. The van der Waals surface area contributed by atoms with Gasteiger partial charge in [-0.25, -0.2) is 14.6 Å². The van der Waals surface area contributed by atoms with Gasteiger partial charge in [-0.05, 0) is 33.1 Å². The molecular formula is C19H30N4O5S. The molecule has 1 atom stereocenters. The number of hydrogen-bond acceptors (Lipinski definition) is 7. The van der Waals surface area contributed by atoms with Gasteiger partial charge < -0.3 is 25.0 Å². The minimum atomic E-state index is -0.721. The van der Waals surface area contributed by atoms with Crippen LogP contribution in [0.1, 0.15) is 51.6 Å². The first-order valence-electron chi connectivity index (χ1n) is 9.60. The van der Waals surface area contributed by atoms with Crippen LogP contribution in [0.4, 0.5) is 14.7 Å². The van der Waals surface area contributed by atoms with Crippen molar-refractivity contribution in [2.45, 2.75) is 65.6 Å². The average Bonchev–Trinajstić information content (AvgIpc) is 3.00. The first kappa shape index (κ1) is 22.9. The number of nitrogens with one attached hydrogen (secondary N) is 2. The minimum absolute atomic E-state index is 0.204. The first-order valence-corrected chi connectivity index (χ1v) is 10.4. The fraction of sp³-hybridized carbons (Fsp3) is 0.684. The third-order valence-corrected chi connectivity index (χ3v) is 5.11. The molecule has 1 aromatic rings. The number of ether oxygens (including phenoxy) is 2. The molecule has 1 aromatic heterocycles. The van der Waals surface area contributed by atoms with Gasteiger partial charge >= 0.3 is 12.2 Å². The molecule has 0 bridgehead atoms. The summed E-state index contributed by atoms with van der Waals surface area (Å²) in [5.74, 6) is -0.144. The Morgan fingerprint density at radius 1 is 1.28 bits per heavy atom. The van der Waals surface area contributed by atoms with Crippen LogP contribution in [0, 0.1) is 5.92 Å². The summed E-state index contributed by atoms with van der Waals surface area (Å²) in [5.41, 5.74) is 0.314. The van der Waals surface area contributed by atoms with Gasteiger partial charge in [0.25, 0.3) is 0 Å². The molecular weight excluding hydrogens is 396 g/mol. The summed E-state index contributed by atoms with van der Waals surface area (Å²) in [7, 11) is 1.25. The number of rotatable bonds is 5. The molecule has 0 spiro atoms. The van der Waals surface area contributed by atoms with Gasteiger partial charge in [0.2, 0.25) is 5.91 Å². The smallest absolute Gasteiger partial charge is 0.410 e. The highest BCUT2D eigenvalue weighted by molar-refractivity contribution is 7.15. The molecule has 0 radical (unpaired) electrons. The average molecular weight is 427 g/mol. The molecule has 1 aliphatic heterocycles. The second-order valence-electron chi connectivity index (χ2n) is 8.35. The van der Waals surface area contributed by atoms with Crippen LogP contribution in [0.2, 0.25) is 0 Å². The van der Waals surface area contributed by atoms with E-state index in [1.165, 1.54) is 18.4 Å². The topological polar surface area (TPSA) is 110 Å². The Balaban J connectivity index is 2.04. The summed E-state index contributed by atoms with van der Waals surface area (Å²) in [6, 6.07) is -0.721. The van der Waals surface area contributed by atoms with Crippen LogP contribution in [0.15, 0.2) is 0 Å². The van der Waals surface area contributed by atoms with Crippen molar-refractivity contribution in [3.63, 3.8) is 0 Å². The number of carbonyl (C=O) groups excluding carboxylic acids is 3. The maximum atomic E-state index is 12.6. The summed E-state index contributed by atoms with van der Waals surface area (Å²) in [4.78, 5) is 43.5. The predicted molar refractivity (Wildman–Crippen MR) is 110 cm³/mol. The molecule has 0 aromatic carbocycles. The molecule has 29 heavy (non-hydrogen) atoms. The van der Waals surface area contributed by atoms with Gasteiger partial charge in [-0.15, -0.1) is 0 Å². The Morgan fingerprint density at radius 3 is 2.55 bits per heavy atom. The lowest BCUT2D eigenvalue weighted by Gasteiger charge is -2.29. The fourth-order valence-corrected chi connectivity index (χ4v) is 3.85. The molecule has 2 N–H and O–H groups in total. The summed E-state index contributed by atoms with van der Waals surface area (Å²) in [6.45, 7) is 10.3. The van der Waals surface area contributed by atoms with Crippen LogP contribution in [0.3, 0.4) is 0 Å². The van der Waals surface area contributed by atoms with Gasteiger partial charge in [0.15, 0.2) is 5.13 Å². The van der Waals surface area contributed by atoms with Gasteiger partial charge in [-0.3, -0.25) is 4.79 Å². The standard InChI is InChI=1S/C19H30N4O5S/c1-11(2)9-13(21-17(25)27-6)15(24)22-16-20-12-7-8-23(10-14(12)29-16)18(26)28-19(3,4)5/h11,13H,7-10H2,1-6H3,(H,21,25)(H,20,22,24). The van der Waals surface area contributed by atoms with E-state index in [1.807, 2.05) is 34.6 Å². The molecule has 0 aliphatic carbocycles. The van der Waals surface area contributed by atoms with E-state index >= 15 is 0 Å². The SMILES string of the molecule is COC(=O)NC(CC(C)C)C(=O)Nc1nc2c(s1)CN(C(=O)OC(C)(C)C)CC2. The van der Waals surface area contributed by atoms with Crippen molar-refractivity contribution in [3.05, 3.63) is 10.6 Å². The molecule has 162 valence electrons. The quantitative estimate of drug-likeness (QED) is 0.748. The summed E-state index contributed by atoms with van der Waals surface area (Å²) in [6.07, 6.45) is 0.0496. The van der Waals surface area contributed by atoms with E-state index in [1.54, 1.807) is 4.90 Å². The number of methoxy groups -OCH3 is 1. The zero-order valence-electron chi connectivity index (χ0n) is 17.8. The van der Waals surface area contributed by atoms with Gasteiger partial charge in [-0.1, -0.05) is 25.2 Å². The molecule has 9 nitrogen and oxygen atoms in total. The van der Waals surface area contributed by atoms with Crippen LogP contribution >= 0.6 is 11.3 Å². The number of amides is 3. The summed E-state index contributed by atoms with van der Waals surface area (Å²) >= 11 is 1.33. The molecule has 10 heteroatoms. The van der Waals surface area contributed by atoms with Crippen LogP contribution < -0.4 is 10.6 Å². The first-order chi connectivity index (χ1) is 13.5. The monoisotopic (exact) mass is 426 g/mol. The van der Waals surface area contributed by atoms with Crippen molar-refractivity contribution < 1.29 is 23.9 Å². The second-order valence-corrected chi connectivity index (χ2v) is 9.43. The number of thiazole rings is 1. The number of anilines is 1. The maximum Gasteiger partial charge on any atom is 0.410 e. The third-order valence-electron chi connectivity index (χ3n) is 4.11. The van der Waals surface area contributed by atoms with Crippen molar-refractivity contribution in [1.82, 2.24) is 15.2 Å². The Labute approximate surface area is 175 Å². The molecule has 2 rings (SSSR count). The predicted octanol–water partition coefficient (Wildman–Crippen LogP) is 3.15. The molecule has 2 heterocycles. The highest BCUT2D eigenvalue weighted by atomic mass is 32.1. The number of nitrogens with zero attached hydrogens (tertiary/aromatic N) is 2. The molecule has 3 amide bonds. The largest absolute Gasteiger partial charge is 0.453 e. The normalized spacial score (nSPS) is 14.8. The minimum Gasteiger partial charge on any atom is -0.453 e. The van der Waals surface area contributed by atoms with Gasteiger partial charge in [0.1, 0.15) is 11.6 Å². The molecule has 0 saturated carbocycles. The van der Waals surface area contributed by atoms with E-state index in [4.69, 9.17) is 4.74 Å². The third kappa shape index (κ3) is 6.88. The number of fused-ring (bicyclic) bond motifs is 1. The highest BCUT2D eigenvalue weighted by Gasteiger charge is 2.29. The van der Waals surface area contributed by atoms with Crippen molar-refractivity contribution in [3.8, 4) is 0 Å². The maximum absolute atomic E-state index is 12.6. The number of alkyl carbamates (subject to hydrolysis) is 1. The fourth-order valence-electron chi connectivity index (χ4n) is 2.83. The van der Waals surface area contributed by atoms with Crippen LogP contribution in [-0.4, -0.2) is 53.3 Å². The van der Waals surface area contributed by atoms with E-state index in [9.17, 15) is 14.4 Å². The number of hydrogen-bond donors (Lipinski definition) is 2. The van der Waals surface area contributed by atoms with Gasteiger partial charge in [0.05, 0.1) is 19.3 Å². The summed E-state index contributed by atoms with van der Waals surface area (Å²) < 4.78 is 10.0. The van der Waals surface area contributed by atoms with Crippen molar-refractivity contribution in [1.29, 1.82) is 0 Å². The molecule has 1 aliphatic rings. The zero-order valence-corrected chi connectivity index (χ0v) is 18.6. The van der Waals surface area contributed by atoms with Crippen molar-refractivity contribution in [2.24, 2.45) is 5.92 Å². The van der Waals surface area contributed by atoms with Crippen LogP contribution in [-0.2, 0) is 27.2 Å². The summed E-state index contributed by atoms with van der Waals surface area (Å²) in [5, 5.41) is 5.79. The van der Waals surface area contributed by atoms with E-state index in [0.717, 1.165) is 10.6 Å². The lowest BCUT2D eigenvalue weighted by molar-refractivity contribution is -0.118. The van der Waals surface area contributed by atoms with Crippen molar-refractivity contribution >= 4 is 34.6 Å². The zero-order chi connectivity index (χ0) is 21.8. The van der Waals surface area contributed by atoms with E-state index in [2.05, 4.69) is 20.4 Å². The Hall–Kier alpha value is -2.36. The van der Waals surface area contributed by atoms with Crippen LogP contribution in [0.25, 0.3) is 0 Å². The van der Waals surface area contributed by atoms with Gasteiger partial charge in [-0.2, -0.15) is 0 Å². The number of carbonyl (C=O) groups is 3. The van der Waals surface area contributed by atoms with E-state index in [0.29, 0.717) is 31.1 Å². The Kier molecular flexibility index (Phi) is 7.45. The molecule has 1 unspecified atom stereocenters. The lowest BCUT2D eigenvalue weighted by atomic mass is 10.0. The molecule has 0 fully saturated rings.